The van der Waals surface area contributed by atoms with Crippen LogP contribution in [0.4, 0.5) is 0 Å². The topological polar surface area (TPSA) is 30.2 Å². The zero-order valence-corrected chi connectivity index (χ0v) is 6.55. The molecule has 0 aromatic carbocycles. The molecule has 1 aromatic heterocycles. The summed E-state index contributed by atoms with van der Waals surface area (Å²) in [7, 11) is 0. The first-order chi connectivity index (χ1) is 4.63. The van der Waals surface area contributed by atoms with Crippen LogP contribution in [0.2, 0.25) is 0 Å². The molecule has 0 radical (unpaired) electrons. The third-order valence-corrected chi connectivity index (χ3v) is 0.663. The molecule has 0 aliphatic carbocycles. The van der Waals surface area contributed by atoms with E-state index in [1.165, 1.54) is 13.8 Å². The molecule has 1 rings (SSSR count). The predicted octanol–water partition coefficient (Wildman–Crippen LogP) is 2.18. The first-order valence-corrected chi connectivity index (χ1v) is 3.10. The van der Waals surface area contributed by atoms with E-state index in [0.29, 0.717) is 0 Å². The van der Waals surface area contributed by atoms with Gasteiger partial charge in [-0.1, -0.05) is 0 Å². The maximum atomic E-state index is 9.44. The fourth-order valence-electron chi connectivity index (χ4n) is 0.361. The Morgan fingerprint density at radius 2 is 2.00 bits per heavy atom. The summed E-state index contributed by atoms with van der Waals surface area (Å²) >= 11 is 0. The Labute approximate surface area is 60.9 Å². The van der Waals surface area contributed by atoms with Gasteiger partial charge in [-0.3, -0.25) is 0 Å². The van der Waals surface area contributed by atoms with Crippen LogP contribution < -0.4 is 0 Å². The molecule has 10 heavy (non-hydrogen) atoms. The second-order valence-electron chi connectivity index (χ2n) is 2.13. The number of hydrogen-bond acceptors (Lipinski definition) is 2. The number of rotatable bonds is 0. The second kappa shape index (κ2) is 4.79. The average molecular weight is 140 g/mol. The summed E-state index contributed by atoms with van der Waals surface area (Å²) in [6.45, 7) is 4.97. The largest absolute Gasteiger partial charge is 0.470 e. The Hall–Kier alpha value is -1.05. The van der Waals surface area contributed by atoms with Gasteiger partial charge in [-0.15, -0.1) is 0 Å². The van der Waals surface area contributed by atoms with Crippen LogP contribution in [0.25, 0.3) is 0 Å². The standard InChI is InChI=1S/C5H6O.C3H6O/c1-5-3-2-4-6-5;1-3(2)4/h2-4H,1H3;1-2H3. The first-order valence-electron chi connectivity index (χ1n) is 3.10. The first kappa shape index (κ1) is 8.95. The van der Waals surface area contributed by atoms with Gasteiger partial charge in [0, 0.05) is 0 Å². The maximum Gasteiger partial charge on any atom is 0.126 e. The fourth-order valence-corrected chi connectivity index (χ4v) is 0.361. The van der Waals surface area contributed by atoms with E-state index in [4.69, 9.17) is 4.42 Å². The van der Waals surface area contributed by atoms with Crippen LogP contribution in [-0.2, 0) is 4.79 Å². The van der Waals surface area contributed by atoms with Crippen LogP contribution in [-0.4, -0.2) is 5.78 Å². The Balaban J connectivity index is 0.000000180. The van der Waals surface area contributed by atoms with E-state index in [2.05, 4.69) is 0 Å². The molecule has 0 fully saturated rings. The lowest BCUT2D eigenvalue weighted by molar-refractivity contribution is -0.114. The van der Waals surface area contributed by atoms with Gasteiger partial charge in [0.1, 0.15) is 11.5 Å². The van der Waals surface area contributed by atoms with Gasteiger partial charge in [0.2, 0.25) is 0 Å². The molecule has 0 unspecified atom stereocenters. The molecule has 0 atom stereocenters. The summed E-state index contributed by atoms with van der Waals surface area (Å²) in [6.07, 6.45) is 1.66. The summed E-state index contributed by atoms with van der Waals surface area (Å²) in [5.41, 5.74) is 0. The van der Waals surface area contributed by atoms with Crippen molar-refractivity contribution in [3.05, 3.63) is 24.2 Å². The van der Waals surface area contributed by atoms with E-state index < -0.39 is 0 Å². The van der Waals surface area contributed by atoms with Crippen LogP contribution in [0, 0.1) is 6.92 Å². The monoisotopic (exact) mass is 140 g/mol. The van der Waals surface area contributed by atoms with Crippen LogP contribution in [0.3, 0.4) is 0 Å². The molecule has 0 aliphatic rings. The molecular weight excluding hydrogens is 128 g/mol. The highest BCUT2D eigenvalue weighted by molar-refractivity contribution is 5.72. The molecule has 0 saturated carbocycles. The van der Waals surface area contributed by atoms with Gasteiger partial charge >= 0.3 is 0 Å². The van der Waals surface area contributed by atoms with Crippen LogP contribution in [0.5, 0.6) is 0 Å². The van der Waals surface area contributed by atoms with Gasteiger partial charge in [-0.25, -0.2) is 0 Å². The summed E-state index contributed by atoms with van der Waals surface area (Å²) in [4.78, 5) is 9.44. The lowest BCUT2D eigenvalue weighted by Gasteiger charge is -1.69. The quantitative estimate of drug-likeness (QED) is 0.553. The highest BCUT2D eigenvalue weighted by atomic mass is 16.3. The predicted molar refractivity (Wildman–Crippen MR) is 39.8 cm³/mol. The molecule has 2 heteroatoms. The molecule has 0 bridgehead atoms. The third-order valence-electron chi connectivity index (χ3n) is 0.663. The van der Waals surface area contributed by atoms with Crippen molar-refractivity contribution in [3.8, 4) is 0 Å². The Kier molecular flexibility index (Phi) is 4.29. The number of aryl methyl sites for hydroxylation is 1. The molecule has 2 nitrogen and oxygen atoms in total. The molecule has 1 aromatic rings. The number of furan rings is 1. The van der Waals surface area contributed by atoms with Gasteiger partial charge < -0.3 is 9.21 Å². The van der Waals surface area contributed by atoms with E-state index in [0.717, 1.165) is 5.76 Å². The number of carbonyl (C=O) groups is 1. The molecule has 0 aliphatic heterocycles. The Morgan fingerprint density at radius 1 is 1.50 bits per heavy atom. The highest BCUT2D eigenvalue weighted by Crippen LogP contribution is 1.93. The zero-order valence-electron chi connectivity index (χ0n) is 6.55. The van der Waals surface area contributed by atoms with E-state index >= 15 is 0 Å². The van der Waals surface area contributed by atoms with Gasteiger partial charge in [-0.2, -0.15) is 0 Å². The molecule has 56 valence electrons. The lowest BCUT2D eigenvalue weighted by atomic mass is 10.5. The molecule has 0 saturated heterocycles. The van der Waals surface area contributed by atoms with Gasteiger partial charge in [-0.05, 0) is 32.9 Å². The molecular formula is C8H12O2. The van der Waals surface area contributed by atoms with Crippen molar-refractivity contribution >= 4 is 5.78 Å². The molecule has 0 amide bonds. The lowest BCUT2D eigenvalue weighted by Crippen LogP contribution is -1.69. The minimum atomic E-state index is 0.167. The Morgan fingerprint density at radius 3 is 2.10 bits per heavy atom. The van der Waals surface area contributed by atoms with Gasteiger partial charge in [0.05, 0.1) is 6.26 Å². The van der Waals surface area contributed by atoms with E-state index in [1.54, 1.807) is 6.26 Å². The second-order valence-corrected chi connectivity index (χ2v) is 2.13. The minimum absolute atomic E-state index is 0.167. The van der Waals surface area contributed by atoms with Crippen molar-refractivity contribution in [1.82, 2.24) is 0 Å². The van der Waals surface area contributed by atoms with E-state index in [-0.39, 0.29) is 5.78 Å². The van der Waals surface area contributed by atoms with Crippen molar-refractivity contribution in [2.24, 2.45) is 0 Å². The maximum absolute atomic E-state index is 9.44. The summed E-state index contributed by atoms with van der Waals surface area (Å²) in [6, 6.07) is 3.79. The SMILES string of the molecule is CC(C)=O.Cc1ccco1. The fraction of sp³-hybridized carbons (Fsp3) is 0.375. The average Bonchev–Trinajstić information content (AvgIpc) is 2.15. The number of Topliss-reactive ketones (excluding diaryl/α,β-unsaturated/α-hetero) is 1. The summed E-state index contributed by atoms with van der Waals surface area (Å²) in [5, 5.41) is 0. The van der Waals surface area contributed by atoms with E-state index in [1.807, 2.05) is 19.1 Å². The summed E-state index contributed by atoms with van der Waals surface area (Å²) in [5.74, 6) is 1.13. The van der Waals surface area contributed by atoms with Crippen molar-refractivity contribution in [1.29, 1.82) is 0 Å². The highest BCUT2D eigenvalue weighted by Gasteiger charge is 1.75. The van der Waals surface area contributed by atoms with Crippen molar-refractivity contribution in [2.75, 3.05) is 0 Å². The van der Waals surface area contributed by atoms with Crippen molar-refractivity contribution in [3.63, 3.8) is 0 Å². The van der Waals surface area contributed by atoms with E-state index in [9.17, 15) is 4.79 Å². The van der Waals surface area contributed by atoms with Crippen LogP contribution in [0.1, 0.15) is 19.6 Å². The van der Waals surface area contributed by atoms with Crippen molar-refractivity contribution < 1.29 is 9.21 Å². The molecule has 1 heterocycles. The van der Waals surface area contributed by atoms with Crippen molar-refractivity contribution in [2.45, 2.75) is 20.8 Å². The summed E-state index contributed by atoms with van der Waals surface area (Å²) < 4.78 is 4.83. The molecule has 0 spiro atoms. The van der Waals surface area contributed by atoms with Crippen LogP contribution >= 0.6 is 0 Å². The van der Waals surface area contributed by atoms with Gasteiger partial charge in [0.15, 0.2) is 0 Å². The zero-order chi connectivity index (χ0) is 7.98. The van der Waals surface area contributed by atoms with Gasteiger partial charge in [0.25, 0.3) is 0 Å². The number of ketones is 1. The number of carbonyl (C=O) groups excluding carboxylic acids is 1. The Bertz CT molecular complexity index is 171. The smallest absolute Gasteiger partial charge is 0.126 e. The minimum Gasteiger partial charge on any atom is -0.470 e. The number of hydrogen-bond donors (Lipinski definition) is 0. The molecule has 0 N–H and O–H groups in total. The van der Waals surface area contributed by atoms with Crippen LogP contribution in [0.15, 0.2) is 22.8 Å². The normalized spacial score (nSPS) is 7.90. The third kappa shape index (κ3) is 6.95.